The Morgan fingerprint density at radius 2 is 2.04 bits per heavy atom. The predicted molar refractivity (Wildman–Crippen MR) is 90.9 cm³/mol. The fraction of sp³-hybridized carbons (Fsp3) is 0.158. The summed E-state index contributed by atoms with van der Waals surface area (Å²) in [5.74, 6) is -0.362. The van der Waals surface area contributed by atoms with Crippen molar-refractivity contribution in [1.82, 2.24) is 0 Å². The number of hydrogen-bond donors (Lipinski definition) is 0. The Balaban J connectivity index is 2.16. The quantitative estimate of drug-likeness (QED) is 0.571. The monoisotopic (exact) mass is 323 g/mol. The van der Waals surface area contributed by atoms with Gasteiger partial charge in [0.25, 0.3) is 0 Å². The van der Waals surface area contributed by atoms with E-state index in [1.54, 1.807) is 18.2 Å². The van der Waals surface area contributed by atoms with Crippen LogP contribution in [0.5, 0.6) is 0 Å². The molecule has 23 heavy (non-hydrogen) atoms. The van der Waals surface area contributed by atoms with Gasteiger partial charge in [0.05, 0.1) is 19.2 Å². The lowest BCUT2D eigenvalue weighted by Crippen LogP contribution is -2.06. The maximum atomic E-state index is 11.8. The number of esters is 1. The first-order chi connectivity index (χ1) is 11.1. The Morgan fingerprint density at radius 1 is 1.22 bits per heavy atom. The highest BCUT2D eigenvalue weighted by molar-refractivity contribution is 6.31. The second kappa shape index (κ2) is 6.28. The molecule has 4 heteroatoms. The summed E-state index contributed by atoms with van der Waals surface area (Å²) in [7, 11) is 1.37. The van der Waals surface area contributed by atoms with Crippen LogP contribution < -0.4 is 0 Å². The minimum absolute atomic E-state index is 0.362. The van der Waals surface area contributed by atoms with Gasteiger partial charge >= 0.3 is 5.97 Å². The van der Waals surface area contributed by atoms with E-state index in [9.17, 15) is 4.79 Å². The van der Waals surface area contributed by atoms with Crippen molar-refractivity contribution in [1.29, 1.82) is 0 Å². The average molecular weight is 324 g/mol. The Labute approximate surface area is 140 Å². The van der Waals surface area contributed by atoms with Gasteiger partial charge in [0.1, 0.15) is 0 Å². The molecule has 2 aromatic carbocycles. The summed E-state index contributed by atoms with van der Waals surface area (Å²) >= 11 is 6.00. The summed E-state index contributed by atoms with van der Waals surface area (Å²) in [6.45, 7) is 7.39. The molecule has 0 saturated heterocycles. The van der Waals surface area contributed by atoms with Crippen molar-refractivity contribution in [2.24, 2.45) is 0 Å². The lowest BCUT2D eigenvalue weighted by molar-refractivity contribution is 0.0600. The van der Waals surface area contributed by atoms with E-state index in [4.69, 9.17) is 22.9 Å². The highest BCUT2D eigenvalue weighted by atomic mass is 35.5. The van der Waals surface area contributed by atoms with Crippen LogP contribution in [-0.4, -0.2) is 13.1 Å². The van der Waals surface area contributed by atoms with E-state index in [1.807, 2.05) is 18.2 Å². The molecule has 3 nitrogen and oxygen atoms in total. The van der Waals surface area contributed by atoms with E-state index in [0.29, 0.717) is 16.3 Å². The van der Waals surface area contributed by atoms with E-state index >= 15 is 0 Å². The molecule has 0 atom stereocenters. The standard InChI is InChI=1S/C19H14ClNO2/c1-21-18-11-14(20)8-9-16(18)15-5-3-4-12-6-7-13(10-17(12)15)19(22)23-2/h5-11H,3-4H2,2H3. The molecule has 1 aliphatic rings. The van der Waals surface area contributed by atoms with Gasteiger partial charge in [-0.1, -0.05) is 29.8 Å². The number of rotatable bonds is 2. The molecule has 0 bridgehead atoms. The van der Waals surface area contributed by atoms with Crippen LogP contribution in [0.3, 0.4) is 0 Å². The lowest BCUT2D eigenvalue weighted by Gasteiger charge is -2.20. The minimum Gasteiger partial charge on any atom is -0.465 e. The van der Waals surface area contributed by atoms with Gasteiger partial charge in [0, 0.05) is 5.02 Å². The van der Waals surface area contributed by atoms with Crippen molar-refractivity contribution in [3.8, 4) is 0 Å². The number of fused-ring (bicyclic) bond motifs is 1. The molecular formula is C19H14ClNO2. The first-order valence-electron chi connectivity index (χ1n) is 7.23. The van der Waals surface area contributed by atoms with Crippen molar-refractivity contribution >= 4 is 28.8 Å². The maximum Gasteiger partial charge on any atom is 0.337 e. The van der Waals surface area contributed by atoms with Crippen LogP contribution in [0.2, 0.25) is 5.02 Å². The predicted octanol–water partition coefficient (Wildman–Crippen LogP) is 5.06. The van der Waals surface area contributed by atoms with Gasteiger partial charge in [-0.05, 0) is 59.4 Å². The number of carbonyl (C=O) groups is 1. The molecule has 0 radical (unpaired) electrons. The van der Waals surface area contributed by atoms with Gasteiger partial charge in [-0.3, -0.25) is 0 Å². The average Bonchev–Trinajstić information content (AvgIpc) is 2.60. The summed E-state index contributed by atoms with van der Waals surface area (Å²) in [5, 5.41) is 0.541. The van der Waals surface area contributed by atoms with Crippen LogP contribution in [0.15, 0.2) is 42.5 Å². The van der Waals surface area contributed by atoms with Crippen molar-refractivity contribution < 1.29 is 9.53 Å². The Hall–Kier alpha value is -2.57. The lowest BCUT2D eigenvalue weighted by atomic mass is 9.85. The number of nitrogens with zero attached hydrogens (tertiary/aromatic N) is 1. The van der Waals surface area contributed by atoms with Crippen LogP contribution >= 0.6 is 11.6 Å². The van der Waals surface area contributed by atoms with Gasteiger partial charge in [-0.25, -0.2) is 9.64 Å². The molecule has 0 unspecified atom stereocenters. The molecule has 0 aliphatic heterocycles. The highest BCUT2D eigenvalue weighted by Crippen LogP contribution is 2.38. The second-order valence-electron chi connectivity index (χ2n) is 5.29. The zero-order valence-electron chi connectivity index (χ0n) is 12.6. The Kier molecular flexibility index (Phi) is 4.18. The summed E-state index contributed by atoms with van der Waals surface area (Å²) in [6, 6.07) is 10.9. The third-order valence-corrected chi connectivity index (χ3v) is 4.19. The SMILES string of the molecule is [C-]#[N+]c1cc(Cl)ccc1C1=CCCc2ccc(C(=O)OC)cc21. The third kappa shape index (κ3) is 2.86. The molecule has 0 heterocycles. The summed E-state index contributed by atoms with van der Waals surface area (Å²) in [6.07, 6.45) is 3.93. The van der Waals surface area contributed by atoms with Crippen LogP contribution in [0.4, 0.5) is 5.69 Å². The second-order valence-corrected chi connectivity index (χ2v) is 5.73. The number of ether oxygens (including phenoxy) is 1. The molecule has 0 saturated carbocycles. The molecule has 0 spiro atoms. The van der Waals surface area contributed by atoms with Gasteiger partial charge < -0.3 is 4.74 Å². The molecule has 0 N–H and O–H groups in total. The van der Waals surface area contributed by atoms with Crippen LogP contribution in [0.1, 0.15) is 33.5 Å². The van der Waals surface area contributed by atoms with Crippen LogP contribution in [0, 0.1) is 6.57 Å². The van der Waals surface area contributed by atoms with Crippen molar-refractivity contribution in [3.05, 3.63) is 81.2 Å². The summed E-state index contributed by atoms with van der Waals surface area (Å²) < 4.78 is 4.80. The van der Waals surface area contributed by atoms with Crippen LogP contribution in [-0.2, 0) is 11.2 Å². The molecule has 114 valence electrons. The normalized spacial score (nSPS) is 12.8. The number of allylic oxidation sites excluding steroid dienone is 1. The van der Waals surface area contributed by atoms with E-state index in [-0.39, 0.29) is 5.97 Å². The maximum absolute atomic E-state index is 11.8. The van der Waals surface area contributed by atoms with E-state index in [1.165, 1.54) is 12.7 Å². The number of methoxy groups -OCH3 is 1. The van der Waals surface area contributed by atoms with Gasteiger partial charge in [-0.2, -0.15) is 0 Å². The summed E-state index contributed by atoms with van der Waals surface area (Å²) in [5.41, 5.74) is 4.98. The van der Waals surface area contributed by atoms with Gasteiger partial charge in [0.2, 0.25) is 0 Å². The van der Waals surface area contributed by atoms with Gasteiger partial charge in [0.15, 0.2) is 5.69 Å². The summed E-state index contributed by atoms with van der Waals surface area (Å²) in [4.78, 5) is 15.4. The van der Waals surface area contributed by atoms with Crippen molar-refractivity contribution in [3.63, 3.8) is 0 Å². The fourth-order valence-corrected chi connectivity index (χ4v) is 3.02. The molecule has 1 aliphatic carbocycles. The Morgan fingerprint density at radius 3 is 2.78 bits per heavy atom. The number of aryl methyl sites for hydroxylation is 1. The molecule has 0 aromatic heterocycles. The smallest absolute Gasteiger partial charge is 0.337 e. The Bertz CT molecular complexity index is 862. The van der Waals surface area contributed by atoms with E-state index in [2.05, 4.69) is 10.9 Å². The topological polar surface area (TPSA) is 30.7 Å². The highest BCUT2D eigenvalue weighted by Gasteiger charge is 2.19. The van der Waals surface area contributed by atoms with Crippen LogP contribution in [0.25, 0.3) is 10.4 Å². The molecule has 3 rings (SSSR count). The molecule has 2 aromatic rings. The zero-order valence-corrected chi connectivity index (χ0v) is 13.4. The molecule has 0 amide bonds. The zero-order chi connectivity index (χ0) is 16.4. The van der Waals surface area contributed by atoms with E-state index in [0.717, 1.165) is 29.5 Å². The first kappa shape index (κ1) is 15.3. The molecular weight excluding hydrogens is 310 g/mol. The fourth-order valence-electron chi connectivity index (χ4n) is 2.85. The number of halogens is 1. The van der Waals surface area contributed by atoms with Gasteiger partial charge in [-0.15, -0.1) is 0 Å². The molecule has 0 fully saturated rings. The number of benzene rings is 2. The van der Waals surface area contributed by atoms with E-state index < -0.39 is 0 Å². The first-order valence-corrected chi connectivity index (χ1v) is 7.61. The number of carbonyl (C=O) groups excluding carboxylic acids is 1. The van der Waals surface area contributed by atoms with Crippen molar-refractivity contribution in [2.75, 3.05) is 7.11 Å². The third-order valence-electron chi connectivity index (χ3n) is 3.95. The van der Waals surface area contributed by atoms with Crippen molar-refractivity contribution in [2.45, 2.75) is 12.8 Å². The minimum atomic E-state index is -0.362. The largest absolute Gasteiger partial charge is 0.465 e. The number of hydrogen-bond acceptors (Lipinski definition) is 2.